The minimum absolute atomic E-state index is 0.0502. The molecule has 0 fully saturated rings. The molecule has 2 heteroatoms. The maximum absolute atomic E-state index is 6.78. The maximum atomic E-state index is 6.78. The van der Waals surface area contributed by atoms with Crippen molar-refractivity contribution in [2.75, 3.05) is 0 Å². The van der Waals surface area contributed by atoms with E-state index < -0.39 is 0 Å². The number of fused-ring (bicyclic) bond motifs is 3. The number of benzene rings is 6. The molecule has 2 aliphatic carbocycles. The Morgan fingerprint density at radius 2 is 1.33 bits per heavy atom. The quantitative estimate of drug-likeness (QED) is 0.142. The molecule has 6 aromatic carbocycles. The third-order valence-corrected chi connectivity index (χ3v) is 11.7. The highest BCUT2D eigenvalue weighted by molar-refractivity contribution is 5.85. The number of allylic oxidation sites excluding steroid dienone is 4. The minimum Gasteiger partial charge on any atom is -0.312 e. The predicted molar refractivity (Wildman–Crippen MR) is 220 cm³/mol. The fourth-order valence-electron chi connectivity index (χ4n) is 8.56. The summed E-state index contributed by atoms with van der Waals surface area (Å²) in [5.41, 5.74) is 23.4. The number of nitrogens with two attached hydrogens (primary N) is 1. The Bertz CT molecular complexity index is 2250. The van der Waals surface area contributed by atoms with Gasteiger partial charge in [0.05, 0.1) is 6.17 Å². The summed E-state index contributed by atoms with van der Waals surface area (Å²) in [6.45, 7) is 6.96. The zero-order valence-electron chi connectivity index (χ0n) is 30.5. The molecule has 0 bridgehead atoms. The van der Waals surface area contributed by atoms with Crippen LogP contribution < -0.4 is 11.1 Å². The molecule has 4 unspecified atom stereocenters. The van der Waals surface area contributed by atoms with E-state index in [1.165, 1.54) is 66.8 Å². The van der Waals surface area contributed by atoms with E-state index in [1.54, 1.807) is 0 Å². The number of hydrogen-bond donors (Lipinski definition) is 2. The number of hydrogen-bond acceptors (Lipinski definition) is 2. The van der Waals surface area contributed by atoms with Crippen molar-refractivity contribution in [2.45, 2.75) is 63.6 Å². The molecule has 0 saturated heterocycles. The van der Waals surface area contributed by atoms with Gasteiger partial charge in [0.25, 0.3) is 0 Å². The molecular formula is C50H48N2. The SMILES string of the molecule is CCC1c2ccc(C(C)(c3ccccc3)C(C)NC(N)c3ccccc3)cc2-c2ccc(-c3cc(C4=CC=CCC4)cc(-c4ccccc4)c3)cc21. The van der Waals surface area contributed by atoms with Crippen LogP contribution in [-0.4, -0.2) is 6.04 Å². The second-order valence-corrected chi connectivity index (χ2v) is 14.7. The van der Waals surface area contributed by atoms with Crippen molar-refractivity contribution in [2.24, 2.45) is 5.73 Å². The highest BCUT2D eigenvalue weighted by Crippen LogP contribution is 2.50. The molecular weight excluding hydrogens is 629 g/mol. The van der Waals surface area contributed by atoms with Crippen molar-refractivity contribution in [1.29, 1.82) is 0 Å². The third-order valence-electron chi connectivity index (χ3n) is 11.7. The van der Waals surface area contributed by atoms with Crippen LogP contribution in [0.4, 0.5) is 0 Å². The summed E-state index contributed by atoms with van der Waals surface area (Å²) >= 11 is 0. The Balaban J connectivity index is 1.20. The molecule has 3 N–H and O–H groups in total. The first-order valence-electron chi connectivity index (χ1n) is 18.9. The van der Waals surface area contributed by atoms with Gasteiger partial charge in [0, 0.05) is 17.4 Å². The van der Waals surface area contributed by atoms with Gasteiger partial charge < -0.3 is 5.73 Å². The molecule has 0 spiro atoms. The van der Waals surface area contributed by atoms with E-state index in [0.717, 1.165) is 24.8 Å². The predicted octanol–water partition coefficient (Wildman–Crippen LogP) is 12.2. The van der Waals surface area contributed by atoms with Crippen LogP contribution in [0.1, 0.15) is 85.5 Å². The van der Waals surface area contributed by atoms with Crippen LogP contribution in [0.25, 0.3) is 39.0 Å². The van der Waals surface area contributed by atoms with Crippen LogP contribution in [0.5, 0.6) is 0 Å². The van der Waals surface area contributed by atoms with Crippen LogP contribution in [-0.2, 0) is 5.41 Å². The Morgan fingerprint density at radius 1 is 0.654 bits per heavy atom. The standard InChI is InChI=1S/C50H48N2/c1-4-44-45-28-26-43(50(3,42-23-15-8-16-24-42)34(2)52-49(51)37-21-13-7-14-22-37)33-48(45)46-27-25-38(32-47(44)46)41-30-39(35-17-9-5-10-18-35)29-40(31-41)36-19-11-6-12-20-36/h5-11,13-19,21-34,44,49,52H,4,12,20,51H2,1-3H3. The van der Waals surface area contributed by atoms with Crippen molar-refractivity contribution >= 4 is 5.57 Å². The van der Waals surface area contributed by atoms with Gasteiger partial charge in [-0.1, -0.05) is 140 Å². The van der Waals surface area contributed by atoms with Crippen LogP contribution >= 0.6 is 0 Å². The van der Waals surface area contributed by atoms with E-state index in [0.29, 0.717) is 5.92 Å². The summed E-state index contributed by atoms with van der Waals surface area (Å²) < 4.78 is 0. The molecule has 0 heterocycles. The summed E-state index contributed by atoms with van der Waals surface area (Å²) in [5, 5.41) is 3.78. The van der Waals surface area contributed by atoms with Crippen molar-refractivity contribution in [3.63, 3.8) is 0 Å². The zero-order chi connectivity index (χ0) is 35.7. The molecule has 0 aromatic heterocycles. The Hall–Kier alpha value is -5.28. The Morgan fingerprint density at radius 3 is 2.02 bits per heavy atom. The molecule has 0 saturated carbocycles. The van der Waals surface area contributed by atoms with Crippen LogP contribution in [0.15, 0.2) is 164 Å². The smallest absolute Gasteiger partial charge is 0.0812 e. The summed E-state index contributed by atoms with van der Waals surface area (Å²) in [6.07, 6.45) is 9.70. The average molecular weight is 677 g/mol. The average Bonchev–Trinajstić information content (AvgIpc) is 3.53. The first-order chi connectivity index (χ1) is 25.4. The van der Waals surface area contributed by atoms with Crippen molar-refractivity contribution in [1.82, 2.24) is 5.32 Å². The van der Waals surface area contributed by atoms with Crippen LogP contribution in [0.2, 0.25) is 0 Å². The Labute approximate surface area is 309 Å². The topological polar surface area (TPSA) is 38.0 Å². The largest absolute Gasteiger partial charge is 0.312 e. The second kappa shape index (κ2) is 14.4. The molecule has 0 radical (unpaired) electrons. The highest BCUT2D eigenvalue weighted by atomic mass is 15.1. The fraction of sp³-hybridized carbons (Fsp3) is 0.200. The summed E-state index contributed by atoms with van der Waals surface area (Å²) in [4.78, 5) is 0. The summed E-state index contributed by atoms with van der Waals surface area (Å²) in [7, 11) is 0. The van der Waals surface area contributed by atoms with E-state index in [-0.39, 0.29) is 17.6 Å². The molecule has 6 aromatic rings. The van der Waals surface area contributed by atoms with Gasteiger partial charge in [0.1, 0.15) is 0 Å². The number of nitrogens with one attached hydrogen (secondary N) is 1. The monoisotopic (exact) mass is 676 g/mol. The second-order valence-electron chi connectivity index (χ2n) is 14.7. The number of rotatable bonds is 10. The molecule has 258 valence electrons. The third kappa shape index (κ3) is 6.27. The van der Waals surface area contributed by atoms with E-state index in [1.807, 2.05) is 6.07 Å². The lowest BCUT2D eigenvalue weighted by atomic mass is 9.70. The first-order valence-corrected chi connectivity index (χ1v) is 18.9. The highest BCUT2D eigenvalue weighted by Gasteiger charge is 2.38. The molecule has 52 heavy (non-hydrogen) atoms. The first kappa shape index (κ1) is 33.8. The van der Waals surface area contributed by atoms with E-state index in [2.05, 4.69) is 184 Å². The van der Waals surface area contributed by atoms with Gasteiger partial charge >= 0.3 is 0 Å². The molecule has 0 aliphatic heterocycles. The minimum atomic E-state index is -0.329. The lowest BCUT2D eigenvalue weighted by Crippen LogP contribution is -2.48. The van der Waals surface area contributed by atoms with Gasteiger partial charge in [-0.25, -0.2) is 0 Å². The van der Waals surface area contributed by atoms with Gasteiger partial charge in [0.2, 0.25) is 0 Å². The molecule has 8 rings (SSSR count). The molecule has 2 aliphatic rings. The summed E-state index contributed by atoms with van der Waals surface area (Å²) in [5.74, 6) is 0.354. The van der Waals surface area contributed by atoms with E-state index in [4.69, 9.17) is 5.73 Å². The van der Waals surface area contributed by atoms with Gasteiger partial charge in [0.15, 0.2) is 0 Å². The lowest BCUT2D eigenvalue weighted by Gasteiger charge is -2.39. The van der Waals surface area contributed by atoms with Gasteiger partial charge in [-0.15, -0.1) is 0 Å². The lowest BCUT2D eigenvalue weighted by molar-refractivity contribution is 0.351. The van der Waals surface area contributed by atoms with Gasteiger partial charge in [-0.3, -0.25) is 5.32 Å². The maximum Gasteiger partial charge on any atom is 0.0812 e. The Kier molecular flexibility index (Phi) is 9.36. The van der Waals surface area contributed by atoms with E-state index in [9.17, 15) is 0 Å². The fourth-order valence-corrected chi connectivity index (χ4v) is 8.56. The van der Waals surface area contributed by atoms with Crippen molar-refractivity contribution < 1.29 is 0 Å². The molecule has 4 atom stereocenters. The normalized spacial score (nSPS) is 17.1. The molecule has 2 nitrogen and oxygen atoms in total. The molecule has 0 amide bonds. The van der Waals surface area contributed by atoms with Gasteiger partial charge in [-0.2, -0.15) is 0 Å². The van der Waals surface area contributed by atoms with Crippen molar-refractivity contribution in [3.8, 4) is 33.4 Å². The van der Waals surface area contributed by atoms with Crippen LogP contribution in [0, 0.1) is 0 Å². The van der Waals surface area contributed by atoms with E-state index >= 15 is 0 Å². The zero-order valence-corrected chi connectivity index (χ0v) is 30.5. The van der Waals surface area contributed by atoms with Crippen LogP contribution in [0.3, 0.4) is 0 Å². The van der Waals surface area contributed by atoms with Gasteiger partial charge in [-0.05, 0) is 136 Å². The summed E-state index contributed by atoms with van der Waals surface area (Å²) in [6, 6.07) is 53.7. The van der Waals surface area contributed by atoms with Crippen molar-refractivity contribution in [3.05, 3.63) is 197 Å².